The van der Waals surface area contributed by atoms with Crippen LogP contribution in [0.15, 0.2) is 120 Å². The molecule has 6 aromatic rings. The first kappa shape index (κ1) is 17.6. The lowest BCUT2D eigenvalue weighted by Crippen LogP contribution is -2.52. The van der Waals surface area contributed by atoms with E-state index in [1.54, 1.807) is 0 Å². The molecule has 148 valence electrons. The van der Waals surface area contributed by atoms with Crippen molar-refractivity contribution in [3.63, 3.8) is 0 Å². The Hall–Kier alpha value is -4.04. The van der Waals surface area contributed by atoms with Crippen LogP contribution in [-0.2, 0) is 0 Å². The summed E-state index contributed by atoms with van der Waals surface area (Å²) in [7, 11) is 0. The number of benzene rings is 5. The molecule has 0 bridgehead atoms. The van der Waals surface area contributed by atoms with Crippen LogP contribution >= 0.6 is 0 Å². The Labute approximate surface area is 187 Å². The van der Waals surface area contributed by atoms with E-state index in [1.165, 1.54) is 49.4 Å². The van der Waals surface area contributed by atoms with E-state index in [0.29, 0.717) is 0 Å². The van der Waals surface area contributed by atoms with E-state index >= 15 is 0 Å². The van der Waals surface area contributed by atoms with Crippen molar-refractivity contribution >= 4 is 45.0 Å². The fourth-order valence-electron chi connectivity index (χ4n) is 5.38. The third kappa shape index (κ3) is 2.47. The van der Waals surface area contributed by atoms with Crippen molar-refractivity contribution in [3.8, 4) is 22.3 Å². The molecule has 1 nitrogen and oxygen atoms in total. The van der Waals surface area contributed by atoms with E-state index in [1.807, 2.05) is 12.1 Å². The molecule has 2 heterocycles. The number of rotatable bonds is 1. The molecule has 0 atom stereocenters. The van der Waals surface area contributed by atoms with Gasteiger partial charge in [-0.25, -0.2) is 0 Å². The van der Waals surface area contributed by atoms with Crippen LogP contribution in [0.25, 0.3) is 44.2 Å². The number of para-hydroxylation sites is 1. The van der Waals surface area contributed by atoms with Crippen molar-refractivity contribution in [2.45, 2.75) is 0 Å². The normalized spacial score (nSPS) is 12.3. The molecule has 1 aromatic heterocycles. The van der Waals surface area contributed by atoms with Crippen LogP contribution in [0.2, 0.25) is 0 Å². The highest BCUT2D eigenvalue weighted by Gasteiger charge is 2.31. The van der Waals surface area contributed by atoms with Gasteiger partial charge in [0.1, 0.15) is 11.2 Å². The Balaban J connectivity index is 1.64. The van der Waals surface area contributed by atoms with Crippen molar-refractivity contribution in [1.29, 1.82) is 0 Å². The van der Waals surface area contributed by atoms with E-state index in [0.717, 1.165) is 11.2 Å². The summed E-state index contributed by atoms with van der Waals surface area (Å²) < 4.78 is 6.27. The summed E-state index contributed by atoms with van der Waals surface area (Å²) in [6, 6.07) is 41.4. The van der Waals surface area contributed by atoms with Crippen LogP contribution in [0.5, 0.6) is 0 Å². The molecule has 1 aliphatic rings. The van der Waals surface area contributed by atoms with Gasteiger partial charge in [0.15, 0.2) is 0 Å². The van der Waals surface area contributed by atoms with Crippen molar-refractivity contribution in [3.05, 3.63) is 115 Å². The smallest absolute Gasteiger partial charge is 0.242 e. The molecule has 0 unspecified atom stereocenters. The maximum atomic E-state index is 6.27. The van der Waals surface area contributed by atoms with E-state index in [2.05, 4.69) is 103 Å². The Morgan fingerprint density at radius 1 is 0.438 bits per heavy atom. The maximum Gasteiger partial charge on any atom is 0.242 e. The predicted octanol–water partition coefficient (Wildman–Crippen LogP) is 5.75. The molecule has 0 aliphatic carbocycles. The van der Waals surface area contributed by atoms with Gasteiger partial charge in [0.25, 0.3) is 0 Å². The van der Waals surface area contributed by atoms with Gasteiger partial charge in [-0.15, -0.1) is 0 Å². The average molecular weight is 406 g/mol. The van der Waals surface area contributed by atoms with E-state index in [4.69, 9.17) is 4.42 Å². The van der Waals surface area contributed by atoms with Gasteiger partial charge in [-0.05, 0) is 40.5 Å². The summed E-state index contributed by atoms with van der Waals surface area (Å²) in [5.74, 6) is 0. The lowest BCUT2D eigenvalue weighted by atomic mass is 9.36. The molecule has 0 fully saturated rings. The molecule has 0 spiro atoms. The summed E-state index contributed by atoms with van der Waals surface area (Å²) in [6.07, 6.45) is 0. The fourth-order valence-corrected chi connectivity index (χ4v) is 5.38. The molecule has 0 radical (unpaired) electrons. The lowest BCUT2D eigenvalue weighted by molar-refractivity contribution is 0.669. The third-order valence-corrected chi connectivity index (χ3v) is 6.77. The fraction of sp³-hybridized carbons (Fsp3) is 0. The SMILES string of the molecule is c1ccc(B2c3ccccc3-c3cc4oc5ccccc5c4cc3-c3ccccc32)cc1. The van der Waals surface area contributed by atoms with Gasteiger partial charge in [0.2, 0.25) is 6.71 Å². The van der Waals surface area contributed by atoms with Gasteiger partial charge < -0.3 is 4.42 Å². The second-order valence-corrected chi connectivity index (χ2v) is 8.51. The van der Waals surface area contributed by atoms with Crippen LogP contribution in [0.1, 0.15) is 0 Å². The Morgan fingerprint density at radius 2 is 1.03 bits per heavy atom. The zero-order chi connectivity index (χ0) is 21.1. The van der Waals surface area contributed by atoms with Crippen LogP contribution in [0, 0.1) is 0 Å². The van der Waals surface area contributed by atoms with Crippen molar-refractivity contribution in [1.82, 2.24) is 0 Å². The number of hydrogen-bond donors (Lipinski definition) is 0. The van der Waals surface area contributed by atoms with Crippen LogP contribution < -0.4 is 16.4 Å². The molecule has 0 saturated heterocycles. The number of hydrogen-bond acceptors (Lipinski definition) is 1. The summed E-state index contributed by atoms with van der Waals surface area (Å²) in [4.78, 5) is 0. The van der Waals surface area contributed by atoms with Gasteiger partial charge in [0, 0.05) is 10.8 Å². The lowest BCUT2D eigenvalue weighted by Gasteiger charge is -2.17. The zero-order valence-corrected chi connectivity index (χ0v) is 17.5. The molecular formula is C30H19BO. The summed E-state index contributed by atoms with van der Waals surface area (Å²) >= 11 is 0. The number of furan rings is 1. The Bertz CT molecular complexity index is 1630. The summed E-state index contributed by atoms with van der Waals surface area (Å²) in [6.45, 7) is 0.180. The van der Waals surface area contributed by atoms with E-state index in [-0.39, 0.29) is 6.71 Å². The van der Waals surface area contributed by atoms with Crippen LogP contribution in [-0.4, -0.2) is 6.71 Å². The first-order valence-electron chi connectivity index (χ1n) is 11.1. The Morgan fingerprint density at radius 3 is 1.78 bits per heavy atom. The van der Waals surface area contributed by atoms with Crippen LogP contribution in [0.3, 0.4) is 0 Å². The molecule has 0 N–H and O–H groups in total. The molecule has 1 aliphatic heterocycles. The quantitative estimate of drug-likeness (QED) is 0.317. The molecule has 7 rings (SSSR count). The highest BCUT2D eigenvalue weighted by Crippen LogP contribution is 2.39. The van der Waals surface area contributed by atoms with Crippen molar-refractivity contribution in [2.24, 2.45) is 0 Å². The standard InChI is InChI=1S/C30H19BO/c1-2-10-20(11-3-1)31-27-15-7-4-12-21(27)24-18-26-23-14-6-9-17-29(23)32-30(26)19-25(24)22-13-5-8-16-28(22)31/h1-19H. The second kappa shape index (κ2) is 6.73. The second-order valence-electron chi connectivity index (χ2n) is 8.51. The van der Waals surface area contributed by atoms with Crippen LogP contribution in [0.4, 0.5) is 0 Å². The summed E-state index contributed by atoms with van der Waals surface area (Å²) in [5, 5.41) is 2.34. The highest BCUT2D eigenvalue weighted by atomic mass is 16.3. The minimum absolute atomic E-state index is 0.180. The van der Waals surface area contributed by atoms with Gasteiger partial charge in [-0.3, -0.25) is 0 Å². The highest BCUT2D eigenvalue weighted by molar-refractivity contribution is 6.97. The molecule has 0 amide bonds. The third-order valence-electron chi connectivity index (χ3n) is 6.77. The first-order valence-corrected chi connectivity index (χ1v) is 11.1. The van der Waals surface area contributed by atoms with Crippen molar-refractivity contribution in [2.75, 3.05) is 0 Å². The molecular weight excluding hydrogens is 387 g/mol. The molecule has 5 aromatic carbocycles. The number of fused-ring (bicyclic) bond motifs is 8. The minimum atomic E-state index is 0.180. The topological polar surface area (TPSA) is 13.1 Å². The average Bonchev–Trinajstić information content (AvgIpc) is 3.17. The van der Waals surface area contributed by atoms with Gasteiger partial charge in [-0.1, -0.05) is 113 Å². The monoisotopic (exact) mass is 406 g/mol. The molecule has 0 saturated carbocycles. The van der Waals surface area contributed by atoms with E-state index in [9.17, 15) is 0 Å². The molecule has 32 heavy (non-hydrogen) atoms. The Kier molecular flexibility index (Phi) is 3.71. The van der Waals surface area contributed by atoms with E-state index < -0.39 is 0 Å². The van der Waals surface area contributed by atoms with Gasteiger partial charge >= 0.3 is 0 Å². The van der Waals surface area contributed by atoms with Gasteiger partial charge in [-0.2, -0.15) is 0 Å². The van der Waals surface area contributed by atoms with Gasteiger partial charge in [0.05, 0.1) is 0 Å². The summed E-state index contributed by atoms with van der Waals surface area (Å²) in [5.41, 5.74) is 10.9. The zero-order valence-electron chi connectivity index (χ0n) is 17.5. The minimum Gasteiger partial charge on any atom is -0.456 e. The van der Waals surface area contributed by atoms with Crippen molar-refractivity contribution < 1.29 is 4.42 Å². The first-order chi connectivity index (χ1) is 15.9. The maximum absolute atomic E-state index is 6.27. The predicted molar refractivity (Wildman–Crippen MR) is 136 cm³/mol. The largest absolute Gasteiger partial charge is 0.456 e. The molecule has 2 heteroatoms.